The molecular formula is C6H9BrO2Zn. The summed E-state index contributed by atoms with van der Waals surface area (Å²) in [5.41, 5.74) is 0.201. The first kappa shape index (κ1) is 12.8. The zero-order valence-electron chi connectivity index (χ0n) is 6.02. The summed E-state index contributed by atoms with van der Waals surface area (Å²) in [7, 11) is 0. The molecule has 0 saturated carbocycles. The first-order valence-electron chi connectivity index (χ1n) is 2.63. The number of hydrogen-bond donors (Lipinski definition) is 0. The number of esters is 1. The van der Waals surface area contributed by atoms with E-state index >= 15 is 0 Å². The van der Waals surface area contributed by atoms with Crippen molar-refractivity contribution in [2.75, 3.05) is 6.61 Å². The molecule has 54 valence electrons. The third-order valence-corrected chi connectivity index (χ3v) is 0.564. The SMILES string of the molecule is C=C([CH2-])C(=O)OCC.[Zn+][Br]. The predicted octanol–water partition coefficient (Wildman–Crippen LogP) is 1.78. The van der Waals surface area contributed by atoms with E-state index in [4.69, 9.17) is 0 Å². The standard InChI is InChI=1S/C6H9O2.BrH.Zn/c1-4-8-6(7)5(2)3;;/h2-4H2,1H3;1H;/q-1;;+2/p-1. The molecule has 0 spiro atoms. The molecule has 0 aromatic heterocycles. The molecule has 0 radical (unpaired) electrons. The van der Waals surface area contributed by atoms with Gasteiger partial charge >= 0.3 is 30.0 Å². The maximum absolute atomic E-state index is 10.4. The van der Waals surface area contributed by atoms with Crippen molar-refractivity contribution < 1.29 is 25.9 Å². The predicted molar refractivity (Wildman–Crippen MR) is 40.1 cm³/mol. The van der Waals surface area contributed by atoms with Gasteiger partial charge in [0.15, 0.2) is 0 Å². The van der Waals surface area contributed by atoms with Crippen LogP contribution >= 0.6 is 13.6 Å². The Kier molecular flexibility index (Phi) is 11.8. The van der Waals surface area contributed by atoms with Crippen molar-refractivity contribution >= 4 is 19.6 Å². The number of ether oxygens (including phenoxy) is 1. The number of carbonyl (C=O) groups excluding carboxylic acids is 1. The van der Waals surface area contributed by atoms with Crippen LogP contribution in [0.15, 0.2) is 12.2 Å². The maximum atomic E-state index is 10.4. The van der Waals surface area contributed by atoms with Crippen molar-refractivity contribution in [2.45, 2.75) is 6.92 Å². The quantitative estimate of drug-likeness (QED) is 0.327. The van der Waals surface area contributed by atoms with Gasteiger partial charge in [0.2, 0.25) is 5.97 Å². The molecule has 0 aromatic carbocycles. The Labute approximate surface area is 78.1 Å². The summed E-state index contributed by atoms with van der Waals surface area (Å²) in [4.78, 5) is 10.4. The van der Waals surface area contributed by atoms with Crippen LogP contribution in [0.3, 0.4) is 0 Å². The van der Waals surface area contributed by atoms with E-state index in [0.29, 0.717) is 6.61 Å². The van der Waals surface area contributed by atoms with E-state index in [-0.39, 0.29) is 5.57 Å². The van der Waals surface area contributed by atoms with Crippen LogP contribution in [0.2, 0.25) is 0 Å². The zero-order chi connectivity index (χ0) is 8.57. The summed E-state index contributed by atoms with van der Waals surface area (Å²) in [5, 5.41) is 0. The van der Waals surface area contributed by atoms with Crippen LogP contribution in [0.1, 0.15) is 6.92 Å². The van der Waals surface area contributed by atoms with Crippen LogP contribution in [0.4, 0.5) is 0 Å². The molecule has 0 saturated heterocycles. The van der Waals surface area contributed by atoms with E-state index in [2.05, 4.69) is 31.9 Å². The van der Waals surface area contributed by atoms with Gasteiger partial charge in [-0.1, -0.05) is 0 Å². The molecule has 0 rings (SSSR count). The van der Waals surface area contributed by atoms with Crippen molar-refractivity contribution in [1.29, 1.82) is 0 Å². The summed E-state index contributed by atoms with van der Waals surface area (Å²) in [6.45, 7) is 8.70. The van der Waals surface area contributed by atoms with Gasteiger partial charge < -0.3 is 9.53 Å². The molecule has 0 atom stereocenters. The second kappa shape index (κ2) is 9.18. The molecule has 0 aliphatic carbocycles. The van der Waals surface area contributed by atoms with E-state index < -0.39 is 5.97 Å². The Hall–Kier alpha value is 0.183. The van der Waals surface area contributed by atoms with Crippen molar-refractivity contribution in [1.82, 2.24) is 0 Å². The Balaban J connectivity index is 0. The summed E-state index contributed by atoms with van der Waals surface area (Å²) < 4.78 is 4.50. The average Bonchev–Trinajstić information content (AvgIpc) is 1.93. The van der Waals surface area contributed by atoms with E-state index in [9.17, 15) is 4.79 Å². The number of halogens is 1. The van der Waals surface area contributed by atoms with Crippen LogP contribution in [0, 0.1) is 6.92 Å². The summed E-state index contributed by atoms with van der Waals surface area (Å²) in [5.74, 6) is -0.424. The first-order valence-corrected chi connectivity index (χ1v) is 9.58. The fourth-order valence-corrected chi connectivity index (χ4v) is 0.233. The third-order valence-electron chi connectivity index (χ3n) is 0.564. The van der Waals surface area contributed by atoms with E-state index in [1.54, 1.807) is 6.92 Å². The molecule has 0 heterocycles. The Morgan fingerprint density at radius 2 is 2.20 bits per heavy atom. The minimum atomic E-state index is -0.424. The molecule has 0 aliphatic rings. The summed E-state index contributed by atoms with van der Waals surface area (Å²) in [6, 6.07) is 0. The molecule has 2 nitrogen and oxygen atoms in total. The van der Waals surface area contributed by atoms with Gasteiger partial charge in [0.25, 0.3) is 0 Å². The van der Waals surface area contributed by atoms with Crippen LogP contribution in [-0.2, 0) is 25.9 Å². The molecule has 4 heteroatoms. The van der Waals surface area contributed by atoms with Crippen LogP contribution in [-0.4, -0.2) is 12.6 Å². The minimum absolute atomic E-state index is 0.201. The molecule has 10 heavy (non-hydrogen) atoms. The molecule has 0 amide bonds. The fraction of sp³-hybridized carbons (Fsp3) is 0.333. The second-order valence-electron chi connectivity index (χ2n) is 1.32. The van der Waals surface area contributed by atoms with Gasteiger partial charge in [-0.05, 0) is 6.92 Å². The van der Waals surface area contributed by atoms with Crippen LogP contribution in [0.25, 0.3) is 0 Å². The molecular weight excluding hydrogens is 249 g/mol. The normalized spacial score (nSPS) is 7.20. The van der Waals surface area contributed by atoms with Crippen LogP contribution in [0.5, 0.6) is 0 Å². The van der Waals surface area contributed by atoms with E-state index in [1.165, 1.54) is 16.3 Å². The fourth-order valence-electron chi connectivity index (χ4n) is 0.233. The molecule has 0 unspecified atom stereocenters. The number of rotatable bonds is 2. The number of hydrogen-bond acceptors (Lipinski definition) is 2. The summed E-state index contributed by atoms with van der Waals surface area (Å²) in [6.07, 6.45) is 0. The third kappa shape index (κ3) is 8.18. The Morgan fingerprint density at radius 1 is 1.80 bits per heavy atom. The second-order valence-corrected chi connectivity index (χ2v) is 1.32. The van der Waals surface area contributed by atoms with Gasteiger partial charge in [-0.25, -0.2) is 0 Å². The molecule has 0 bridgehead atoms. The first-order chi connectivity index (χ1) is 4.68. The van der Waals surface area contributed by atoms with Gasteiger partial charge in [0, 0.05) is 0 Å². The van der Waals surface area contributed by atoms with E-state index in [0.717, 1.165) is 0 Å². The van der Waals surface area contributed by atoms with Gasteiger partial charge in [0.05, 0.1) is 6.61 Å². The van der Waals surface area contributed by atoms with Crippen molar-refractivity contribution in [2.24, 2.45) is 0 Å². The molecule has 0 aromatic rings. The van der Waals surface area contributed by atoms with Gasteiger partial charge in [-0.2, -0.15) is 13.5 Å². The average molecular weight is 258 g/mol. The van der Waals surface area contributed by atoms with Crippen molar-refractivity contribution in [3.05, 3.63) is 19.1 Å². The molecule has 0 fully saturated rings. The molecule has 0 N–H and O–H groups in total. The van der Waals surface area contributed by atoms with Gasteiger partial charge in [0.1, 0.15) is 0 Å². The topological polar surface area (TPSA) is 26.3 Å². The van der Waals surface area contributed by atoms with Gasteiger partial charge in [-0.3, -0.25) is 0 Å². The van der Waals surface area contributed by atoms with Gasteiger partial charge in [-0.15, -0.1) is 5.57 Å². The van der Waals surface area contributed by atoms with Crippen molar-refractivity contribution in [3.8, 4) is 0 Å². The van der Waals surface area contributed by atoms with Crippen LogP contribution < -0.4 is 0 Å². The number of carbonyl (C=O) groups is 1. The van der Waals surface area contributed by atoms with E-state index in [1.807, 2.05) is 0 Å². The Morgan fingerprint density at radius 3 is 2.30 bits per heavy atom. The zero-order valence-corrected chi connectivity index (χ0v) is 10.6. The van der Waals surface area contributed by atoms with Crippen molar-refractivity contribution in [3.63, 3.8) is 0 Å². The summed E-state index contributed by atoms with van der Waals surface area (Å²) >= 11 is 4.25. The monoisotopic (exact) mass is 256 g/mol. The Bertz CT molecular complexity index is 114. The molecule has 0 aliphatic heterocycles.